The van der Waals surface area contributed by atoms with Gasteiger partial charge in [0.1, 0.15) is 6.20 Å². The molecule has 0 unspecified atom stereocenters. The Bertz CT molecular complexity index is 219. The van der Waals surface area contributed by atoms with E-state index in [1.807, 2.05) is 13.8 Å². The molecule has 0 fully saturated rings. The fraction of sp³-hybridized carbons (Fsp3) is 0.500. The van der Waals surface area contributed by atoms with Crippen molar-refractivity contribution >= 4 is 0 Å². The maximum absolute atomic E-state index is 5.13. The van der Waals surface area contributed by atoms with E-state index in [-0.39, 0.29) is 0 Å². The normalized spacial score (nSPS) is 9.50. The van der Waals surface area contributed by atoms with Crippen molar-refractivity contribution in [3.05, 3.63) is 12.3 Å². The van der Waals surface area contributed by atoms with Crippen molar-refractivity contribution in [2.24, 2.45) is 0 Å². The van der Waals surface area contributed by atoms with Crippen LogP contribution >= 0.6 is 0 Å². The van der Waals surface area contributed by atoms with Crippen LogP contribution in [0.5, 0.6) is 11.9 Å². The summed E-state index contributed by atoms with van der Waals surface area (Å²) in [6.07, 6.45) is 2.64. The van der Waals surface area contributed by atoms with Gasteiger partial charge in [0.2, 0.25) is 5.88 Å². The zero-order valence-electron chi connectivity index (χ0n) is 7.20. The fourth-order valence-electron chi connectivity index (χ4n) is 0.710. The van der Waals surface area contributed by atoms with Gasteiger partial charge in [-0.15, -0.1) is 0 Å². The van der Waals surface area contributed by atoms with Crippen LogP contribution in [0.1, 0.15) is 13.8 Å². The van der Waals surface area contributed by atoms with Gasteiger partial charge in [0.25, 0.3) is 0 Å². The maximum Gasteiger partial charge on any atom is 0.320 e. The second-order valence-electron chi connectivity index (χ2n) is 1.98. The van der Waals surface area contributed by atoms with E-state index >= 15 is 0 Å². The molecule has 0 atom stereocenters. The third-order valence-electron chi connectivity index (χ3n) is 1.12. The number of hydrogen-bond acceptors (Lipinski definition) is 4. The van der Waals surface area contributed by atoms with Gasteiger partial charge in [0.05, 0.1) is 13.2 Å². The third kappa shape index (κ3) is 2.38. The molecule has 0 aliphatic carbocycles. The van der Waals surface area contributed by atoms with Gasteiger partial charge in [-0.05, 0) is 13.8 Å². The highest BCUT2D eigenvalue weighted by Crippen LogP contribution is 2.08. The summed E-state index contributed by atoms with van der Waals surface area (Å²) in [5, 5.41) is 0. The van der Waals surface area contributed by atoms with Gasteiger partial charge >= 0.3 is 6.01 Å². The smallest absolute Gasteiger partial charge is 0.320 e. The number of hydrogen-bond donors (Lipinski definition) is 0. The molecule has 0 amide bonds. The lowest BCUT2D eigenvalue weighted by Crippen LogP contribution is -2.00. The molecule has 12 heavy (non-hydrogen) atoms. The molecular weight excluding hydrogens is 156 g/mol. The van der Waals surface area contributed by atoms with Gasteiger partial charge in [0, 0.05) is 6.07 Å². The van der Waals surface area contributed by atoms with Gasteiger partial charge in [0.15, 0.2) is 0 Å². The Morgan fingerprint density at radius 2 is 2.08 bits per heavy atom. The highest BCUT2D eigenvalue weighted by molar-refractivity contribution is 5.09. The summed E-state index contributed by atoms with van der Waals surface area (Å²) < 4.78 is 10.2. The van der Waals surface area contributed by atoms with Crippen LogP contribution in [0.4, 0.5) is 0 Å². The highest BCUT2D eigenvalue weighted by atomic mass is 16.5. The average Bonchev–Trinajstić information content (AvgIpc) is 2.06. The Hall–Kier alpha value is -1.32. The molecule has 1 heterocycles. The molecule has 4 heteroatoms. The Morgan fingerprint density at radius 1 is 1.33 bits per heavy atom. The van der Waals surface area contributed by atoms with E-state index in [1.54, 1.807) is 6.07 Å². The summed E-state index contributed by atoms with van der Waals surface area (Å²) in [6, 6.07) is 1.88. The lowest BCUT2D eigenvalue weighted by Gasteiger charge is -2.02. The van der Waals surface area contributed by atoms with Crippen LogP contribution in [0.25, 0.3) is 0 Å². The van der Waals surface area contributed by atoms with Gasteiger partial charge in [-0.3, -0.25) is 0 Å². The highest BCUT2D eigenvalue weighted by Gasteiger charge is 1.98. The number of aromatic nitrogens is 2. The minimum atomic E-state index is 0.309. The zero-order valence-corrected chi connectivity index (χ0v) is 7.20. The summed E-state index contributed by atoms with van der Waals surface area (Å²) in [7, 11) is 0. The molecule has 0 aliphatic heterocycles. The van der Waals surface area contributed by atoms with Crippen LogP contribution in [0, 0.1) is 6.20 Å². The molecule has 1 aromatic heterocycles. The molecule has 0 N–H and O–H groups in total. The molecule has 0 saturated carbocycles. The predicted molar refractivity (Wildman–Crippen MR) is 43.2 cm³/mol. The Morgan fingerprint density at radius 3 is 2.75 bits per heavy atom. The first-order valence-electron chi connectivity index (χ1n) is 3.87. The molecule has 1 aromatic rings. The first-order valence-corrected chi connectivity index (χ1v) is 3.87. The zero-order chi connectivity index (χ0) is 8.81. The molecule has 0 bridgehead atoms. The second kappa shape index (κ2) is 4.54. The van der Waals surface area contributed by atoms with E-state index < -0.39 is 0 Å². The average molecular weight is 167 g/mol. The molecule has 0 aromatic carbocycles. The van der Waals surface area contributed by atoms with E-state index in [0.717, 1.165) is 0 Å². The number of ether oxygens (including phenoxy) is 2. The Kier molecular flexibility index (Phi) is 3.32. The van der Waals surface area contributed by atoms with Gasteiger partial charge in [-0.1, -0.05) is 0 Å². The van der Waals surface area contributed by atoms with Gasteiger partial charge in [-0.2, -0.15) is 9.97 Å². The van der Waals surface area contributed by atoms with Crippen molar-refractivity contribution in [2.45, 2.75) is 13.8 Å². The lowest BCUT2D eigenvalue weighted by atomic mass is 10.6. The minimum absolute atomic E-state index is 0.309. The summed E-state index contributed by atoms with van der Waals surface area (Å²) >= 11 is 0. The third-order valence-corrected chi connectivity index (χ3v) is 1.12. The van der Waals surface area contributed by atoms with Crippen LogP contribution in [0.15, 0.2) is 6.07 Å². The van der Waals surface area contributed by atoms with Crippen LogP contribution in [0.3, 0.4) is 0 Å². The van der Waals surface area contributed by atoms with E-state index in [2.05, 4.69) is 16.2 Å². The standard InChI is InChI=1S/C8H11N2O2/c1-3-11-7-5-6-9-8(10-7)12-4-2/h5H,3-4H2,1-2H3. The van der Waals surface area contributed by atoms with E-state index in [4.69, 9.17) is 9.47 Å². The minimum Gasteiger partial charge on any atom is -0.478 e. The van der Waals surface area contributed by atoms with E-state index in [1.165, 1.54) is 0 Å². The fourth-order valence-corrected chi connectivity index (χ4v) is 0.710. The quantitative estimate of drug-likeness (QED) is 0.673. The predicted octanol–water partition coefficient (Wildman–Crippen LogP) is 1.07. The first kappa shape index (κ1) is 8.77. The van der Waals surface area contributed by atoms with Crippen LogP contribution in [-0.2, 0) is 0 Å². The summed E-state index contributed by atoms with van der Waals surface area (Å²) in [5.74, 6) is 0.496. The van der Waals surface area contributed by atoms with Crippen molar-refractivity contribution in [3.63, 3.8) is 0 Å². The number of rotatable bonds is 4. The van der Waals surface area contributed by atoms with Crippen LogP contribution < -0.4 is 9.47 Å². The molecule has 1 rings (SSSR count). The summed E-state index contributed by atoms with van der Waals surface area (Å²) in [4.78, 5) is 7.74. The van der Waals surface area contributed by atoms with Gasteiger partial charge in [-0.25, -0.2) is 0 Å². The van der Waals surface area contributed by atoms with Crippen LogP contribution in [-0.4, -0.2) is 23.2 Å². The lowest BCUT2D eigenvalue weighted by molar-refractivity contribution is 0.288. The van der Waals surface area contributed by atoms with Crippen molar-refractivity contribution < 1.29 is 9.47 Å². The largest absolute Gasteiger partial charge is 0.478 e. The Labute approximate surface area is 71.6 Å². The number of nitrogens with zero attached hydrogens (tertiary/aromatic N) is 2. The second-order valence-corrected chi connectivity index (χ2v) is 1.98. The van der Waals surface area contributed by atoms with Crippen molar-refractivity contribution in [2.75, 3.05) is 13.2 Å². The molecule has 0 spiro atoms. The maximum atomic E-state index is 5.13. The van der Waals surface area contributed by atoms with Crippen LogP contribution in [0.2, 0.25) is 0 Å². The van der Waals surface area contributed by atoms with E-state index in [9.17, 15) is 0 Å². The molecule has 0 aliphatic rings. The van der Waals surface area contributed by atoms with Crippen molar-refractivity contribution in [1.29, 1.82) is 0 Å². The Balaban J connectivity index is 2.67. The first-order chi connectivity index (χ1) is 5.86. The summed E-state index contributed by atoms with van der Waals surface area (Å²) in [6.45, 7) is 4.89. The van der Waals surface area contributed by atoms with Crippen molar-refractivity contribution in [1.82, 2.24) is 9.97 Å². The van der Waals surface area contributed by atoms with Crippen molar-refractivity contribution in [3.8, 4) is 11.9 Å². The SMILES string of the molecule is CCOc1c[c]nc(OCC)n1. The monoisotopic (exact) mass is 167 g/mol. The topological polar surface area (TPSA) is 44.2 Å². The molecule has 0 saturated heterocycles. The molecule has 65 valence electrons. The van der Waals surface area contributed by atoms with E-state index in [0.29, 0.717) is 25.1 Å². The summed E-state index contributed by atoms with van der Waals surface area (Å²) in [5.41, 5.74) is 0. The molecule has 1 radical (unpaired) electrons. The molecule has 4 nitrogen and oxygen atoms in total. The van der Waals surface area contributed by atoms with Gasteiger partial charge < -0.3 is 9.47 Å². The molecular formula is C8H11N2O2.